The molecule has 0 N–H and O–H groups in total. The average Bonchev–Trinajstić information content (AvgIpc) is 3.58. The van der Waals surface area contributed by atoms with Crippen molar-refractivity contribution in [2.75, 3.05) is 0 Å². The van der Waals surface area contributed by atoms with Crippen LogP contribution in [0, 0.1) is 0 Å². The van der Waals surface area contributed by atoms with Crippen molar-refractivity contribution in [3.8, 4) is 20.9 Å². The maximum Gasteiger partial charge on any atom is 0.0428 e. The number of nitrogens with zero attached hydrogens (tertiary/aromatic N) is 2. The SMILES string of the molecule is c1cncc(-c2cc3ccc4c5ccc6c(ccc7cc(-c8cccnc8)sc76)c5ccc4c3s2)c1. The summed E-state index contributed by atoms with van der Waals surface area (Å²) in [6.45, 7) is 0. The highest BCUT2D eigenvalue weighted by atomic mass is 32.1. The summed E-state index contributed by atoms with van der Waals surface area (Å²) in [5.74, 6) is 0. The van der Waals surface area contributed by atoms with Gasteiger partial charge < -0.3 is 0 Å². The molecule has 0 radical (unpaired) electrons. The summed E-state index contributed by atoms with van der Waals surface area (Å²) < 4.78 is 2.67. The first kappa shape index (κ1) is 20.1. The second kappa shape index (κ2) is 7.69. The van der Waals surface area contributed by atoms with Crippen LogP contribution in [0.3, 0.4) is 0 Å². The Labute approximate surface area is 215 Å². The van der Waals surface area contributed by atoms with Crippen LogP contribution in [-0.2, 0) is 0 Å². The molecule has 0 saturated heterocycles. The van der Waals surface area contributed by atoms with Crippen LogP contribution in [0.2, 0.25) is 0 Å². The molecule has 2 nitrogen and oxygen atoms in total. The number of thiophene rings is 2. The molecule has 0 aliphatic rings. The van der Waals surface area contributed by atoms with Gasteiger partial charge in [-0.1, -0.05) is 60.7 Å². The Morgan fingerprint density at radius 3 is 1.31 bits per heavy atom. The molecule has 0 atom stereocenters. The number of fused-ring (bicyclic) bond motifs is 9. The highest BCUT2D eigenvalue weighted by molar-refractivity contribution is 7.23. The van der Waals surface area contributed by atoms with Crippen LogP contribution in [0.25, 0.3) is 73.4 Å². The van der Waals surface area contributed by atoms with Crippen LogP contribution in [0.4, 0.5) is 0 Å². The van der Waals surface area contributed by atoms with Crippen LogP contribution in [-0.4, -0.2) is 9.97 Å². The Morgan fingerprint density at radius 2 is 0.861 bits per heavy atom. The molecule has 0 saturated carbocycles. The highest BCUT2D eigenvalue weighted by Gasteiger charge is 2.13. The summed E-state index contributed by atoms with van der Waals surface area (Å²) >= 11 is 3.70. The third-order valence-corrected chi connectivity index (χ3v) is 9.51. The van der Waals surface area contributed by atoms with Gasteiger partial charge >= 0.3 is 0 Å². The highest BCUT2D eigenvalue weighted by Crippen LogP contribution is 2.43. The Balaban J connectivity index is 1.36. The molecule has 0 unspecified atom stereocenters. The van der Waals surface area contributed by atoms with Crippen LogP contribution in [0.15, 0.2) is 110 Å². The molecule has 4 aromatic carbocycles. The van der Waals surface area contributed by atoms with Crippen molar-refractivity contribution in [1.82, 2.24) is 9.97 Å². The van der Waals surface area contributed by atoms with E-state index in [0.717, 1.165) is 0 Å². The Hall–Kier alpha value is -4.12. The van der Waals surface area contributed by atoms with E-state index < -0.39 is 0 Å². The maximum absolute atomic E-state index is 4.31. The van der Waals surface area contributed by atoms with E-state index in [0.29, 0.717) is 0 Å². The zero-order chi connectivity index (χ0) is 23.6. The topological polar surface area (TPSA) is 25.8 Å². The zero-order valence-corrected chi connectivity index (χ0v) is 20.7. The summed E-state index contributed by atoms with van der Waals surface area (Å²) in [4.78, 5) is 11.1. The quantitative estimate of drug-likeness (QED) is 0.224. The minimum atomic E-state index is 1.17. The fraction of sp³-hybridized carbons (Fsp3) is 0. The van der Waals surface area contributed by atoms with E-state index in [4.69, 9.17) is 0 Å². The summed E-state index contributed by atoms with van der Waals surface area (Å²) in [6, 6.07) is 31.2. The van der Waals surface area contributed by atoms with Gasteiger partial charge in [-0.05, 0) is 56.6 Å². The summed E-state index contributed by atoms with van der Waals surface area (Å²) in [6.07, 6.45) is 7.54. The maximum atomic E-state index is 4.31. The van der Waals surface area contributed by atoms with Crippen molar-refractivity contribution in [2.24, 2.45) is 0 Å². The van der Waals surface area contributed by atoms with Crippen molar-refractivity contribution >= 4 is 75.2 Å². The molecule has 168 valence electrons. The Bertz CT molecular complexity index is 1940. The summed E-state index contributed by atoms with van der Waals surface area (Å²) in [7, 11) is 0. The van der Waals surface area contributed by atoms with Crippen molar-refractivity contribution in [3.63, 3.8) is 0 Å². The van der Waals surface area contributed by atoms with E-state index in [1.807, 2.05) is 59.6 Å². The molecular formula is C32H18N2S2. The first-order valence-corrected chi connectivity index (χ1v) is 13.5. The molecule has 8 rings (SSSR count). The third kappa shape index (κ3) is 2.95. The molecule has 36 heavy (non-hydrogen) atoms. The average molecular weight is 495 g/mol. The number of hydrogen-bond acceptors (Lipinski definition) is 4. The van der Waals surface area contributed by atoms with Crippen molar-refractivity contribution < 1.29 is 0 Å². The van der Waals surface area contributed by atoms with E-state index in [1.165, 1.54) is 73.4 Å². The van der Waals surface area contributed by atoms with Gasteiger partial charge in [-0.15, -0.1) is 22.7 Å². The first-order chi connectivity index (χ1) is 17.8. The lowest BCUT2D eigenvalue weighted by Crippen LogP contribution is -1.81. The van der Waals surface area contributed by atoms with Crippen LogP contribution < -0.4 is 0 Å². The normalized spacial score (nSPS) is 11.9. The number of benzene rings is 4. The van der Waals surface area contributed by atoms with E-state index in [2.05, 4.69) is 82.8 Å². The van der Waals surface area contributed by atoms with Crippen molar-refractivity contribution in [1.29, 1.82) is 0 Å². The molecule has 4 heteroatoms. The van der Waals surface area contributed by atoms with Gasteiger partial charge in [-0.3, -0.25) is 9.97 Å². The van der Waals surface area contributed by atoms with Gasteiger partial charge in [-0.2, -0.15) is 0 Å². The standard InChI is InChI=1S/C32H18N2S2/c1-3-21(17-33-13-1)29-15-19-5-7-25-23-10-12-28-26(24(23)9-11-27(25)31(19)35-29)8-6-20-16-30(36-32(20)28)22-4-2-14-34-18-22/h1-18H. The summed E-state index contributed by atoms with van der Waals surface area (Å²) in [5.41, 5.74) is 2.34. The zero-order valence-electron chi connectivity index (χ0n) is 19.1. The monoisotopic (exact) mass is 494 g/mol. The lowest BCUT2D eigenvalue weighted by atomic mass is 9.96. The minimum absolute atomic E-state index is 1.17. The van der Waals surface area contributed by atoms with E-state index in [-0.39, 0.29) is 0 Å². The van der Waals surface area contributed by atoms with Gasteiger partial charge in [0.1, 0.15) is 0 Å². The van der Waals surface area contributed by atoms with Gasteiger partial charge in [0.05, 0.1) is 0 Å². The Morgan fingerprint density at radius 1 is 0.444 bits per heavy atom. The van der Waals surface area contributed by atoms with Crippen molar-refractivity contribution in [3.05, 3.63) is 110 Å². The fourth-order valence-corrected chi connectivity index (χ4v) is 7.69. The second-order valence-corrected chi connectivity index (χ2v) is 11.2. The van der Waals surface area contributed by atoms with E-state index in [9.17, 15) is 0 Å². The molecule has 0 bridgehead atoms. The van der Waals surface area contributed by atoms with Crippen LogP contribution in [0.1, 0.15) is 0 Å². The molecule has 0 fully saturated rings. The lowest BCUT2D eigenvalue weighted by molar-refractivity contribution is 1.33. The molecule has 0 spiro atoms. The molecule has 4 heterocycles. The number of aromatic nitrogens is 2. The molecule has 0 amide bonds. The van der Waals surface area contributed by atoms with Gasteiger partial charge in [-0.25, -0.2) is 0 Å². The molecule has 4 aromatic heterocycles. The largest absolute Gasteiger partial charge is 0.264 e. The number of rotatable bonds is 2. The molecule has 0 aliphatic carbocycles. The predicted octanol–water partition coefficient (Wildman–Crippen LogP) is 9.70. The molecule has 8 aromatic rings. The smallest absolute Gasteiger partial charge is 0.0428 e. The van der Waals surface area contributed by atoms with Crippen LogP contribution in [0.5, 0.6) is 0 Å². The fourth-order valence-electron chi connectivity index (χ4n) is 5.33. The molecular weight excluding hydrogens is 477 g/mol. The van der Waals surface area contributed by atoms with Gasteiger partial charge in [0.2, 0.25) is 0 Å². The van der Waals surface area contributed by atoms with Gasteiger partial charge in [0, 0.05) is 65.8 Å². The first-order valence-electron chi connectivity index (χ1n) is 11.9. The van der Waals surface area contributed by atoms with Gasteiger partial charge in [0.25, 0.3) is 0 Å². The minimum Gasteiger partial charge on any atom is -0.264 e. The van der Waals surface area contributed by atoms with Crippen LogP contribution >= 0.6 is 22.7 Å². The number of hydrogen-bond donors (Lipinski definition) is 0. The lowest BCUT2D eigenvalue weighted by Gasteiger charge is -2.09. The molecule has 0 aliphatic heterocycles. The van der Waals surface area contributed by atoms with E-state index in [1.54, 1.807) is 0 Å². The van der Waals surface area contributed by atoms with E-state index >= 15 is 0 Å². The summed E-state index contributed by atoms with van der Waals surface area (Å²) in [5, 5.41) is 10.4. The second-order valence-electron chi connectivity index (χ2n) is 9.09. The van der Waals surface area contributed by atoms with Gasteiger partial charge in [0.15, 0.2) is 0 Å². The third-order valence-electron chi connectivity index (χ3n) is 7.05. The Kier molecular flexibility index (Phi) is 4.30. The predicted molar refractivity (Wildman–Crippen MR) is 156 cm³/mol. The number of pyridine rings is 2. The van der Waals surface area contributed by atoms with Crippen molar-refractivity contribution in [2.45, 2.75) is 0 Å².